The fourth-order valence-corrected chi connectivity index (χ4v) is 3.72. The molecule has 1 fully saturated rings. The lowest BCUT2D eigenvalue weighted by Crippen LogP contribution is -2.36. The van der Waals surface area contributed by atoms with E-state index in [1.54, 1.807) is 13.8 Å². The summed E-state index contributed by atoms with van der Waals surface area (Å²) in [4.78, 5) is 24.3. The van der Waals surface area contributed by atoms with E-state index in [1.807, 2.05) is 0 Å². The number of unbranched alkanes of at least 4 members (excludes halogenated alkanes) is 1. The first-order valence-electron chi connectivity index (χ1n) is 8.78. The van der Waals surface area contributed by atoms with Crippen LogP contribution in [0.3, 0.4) is 0 Å². The predicted octanol–water partition coefficient (Wildman–Crippen LogP) is 3.62. The van der Waals surface area contributed by atoms with Crippen LogP contribution in [0.5, 0.6) is 0 Å². The second-order valence-electron chi connectivity index (χ2n) is 6.24. The van der Waals surface area contributed by atoms with Crippen LogP contribution >= 0.6 is 0 Å². The van der Waals surface area contributed by atoms with Crippen LogP contribution in [0.15, 0.2) is 0 Å². The summed E-state index contributed by atoms with van der Waals surface area (Å²) < 4.78 is 10.2. The average molecular weight is 323 g/mol. The molecule has 0 aromatic heterocycles. The van der Waals surface area contributed by atoms with Gasteiger partial charge in [-0.3, -0.25) is 9.59 Å². The van der Waals surface area contributed by atoms with Crippen LogP contribution in [-0.4, -0.2) is 25.2 Å². The van der Waals surface area contributed by atoms with E-state index in [0.717, 1.165) is 38.5 Å². The van der Waals surface area contributed by atoms with Gasteiger partial charge in [-0.25, -0.2) is 0 Å². The highest BCUT2D eigenvalue weighted by Crippen LogP contribution is 2.51. The minimum absolute atomic E-state index is 0.00684. The Hall–Kier alpha value is -1.57. The van der Waals surface area contributed by atoms with E-state index < -0.39 is 11.3 Å². The van der Waals surface area contributed by atoms with Crippen molar-refractivity contribution in [1.82, 2.24) is 0 Å². The molecule has 0 N–H and O–H groups in total. The molecule has 0 heterocycles. The molecule has 5 heteroatoms. The van der Waals surface area contributed by atoms with Crippen LogP contribution in [-0.2, 0) is 19.1 Å². The molecule has 0 bridgehead atoms. The largest absolute Gasteiger partial charge is 0.466 e. The third kappa shape index (κ3) is 4.95. The molecule has 1 aliphatic carbocycles. The van der Waals surface area contributed by atoms with Gasteiger partial charge in [-0.1, -0.05) is 26.2 Å². The van der Waals surface area contributed by atoms with Crippen molar-refractivity contribution in [3.8, 4) is 6.07 Å². The number of rotatable bonds is 9. The number of hydrogen-bond donors (Lipinski definition) is 0. The third-order valence-electron chi connectivity index (χ3n) is 4.81. The van der Waals surface area contributed by atoms with Gasteiger partial charge in [0.05, 0.1) is 37.0 Å². The van der Waals surface area contributed by atoms with Gasteiger partial charge in [-0.15, -0.1) is 0 Å². The van der Waals surface area contributed by atoms with Crippen LogP contribution in [0, 0.1) is 28.6 Å². The van der Waals surface area contributed by atoms with E-state index in [0.29, 0.717) is 0 Å². The number of carbonyl (C=O) groups is 2. The van der Waals surface area contributed by atoms with E-state index in [9.17, 15) is 14.9 Å². The monoisotopic (exact) mass is 323 g/mol. The van der Waals surface area contributed by atoms with Crippen molar-refractivity contribution in [2.75, 3.05) is 13.2 Å². The highest BCUT2D eigenvalue weighted by Gasteiger charge is 2.49. The number of ether oxygens (including phenoxy) is 2. The zero-order chi connectivity index (χ0) is 17.3. The fourth-order valence-electron chi connectivity index (χ4n) is 3.72. The summed E-state index contributed by atoms with van der Waals surface area (Å²) in [6, 6.07) is 2.49. The van der Waals surface area contributed by atoms with E-state index in [-0.39, 0.29) is 37.5 Å². The van der Waals surface area contributed by atoms with Crippen molar-refractivity contribution in [3.05, 3.63) is 0 Å². The zero-order valence-corrected chi connectivity index (χ0v) is 14.6. The Bertz CT molecular complexity index is 443. The highest BCUT2D eigenvalue weighted by atomic mass is 16.5. The molecule has 1 aliphatic rings. The van der Waals surface area contributed by atoms with Gasteiger partial charge >= 0.3 is 11.9 Å². The van der Waals surface area contributed by atoms with E-state index >= 15 is 0 Å². The Kier molecular flexibility index (Phi) is 8.08. The highest BCUT2D eigenvalue weighted by molar-refractivity contribution is 5.80. The van der Waals surface area contributed by atoms with Crippen molar-refractivity contribution in [1.29, 1.82) is 5.26 Å². The molecule has 3 unspecified atom stereocenters. The number of carbonyl (C=O) groups excluding carboxylic acids is 2. The Balaban J connectivity index is 3.00. The molecule has 1 rings (SSSR count). The molecule has 5 nitrogen and oxygen atoms in total. The Morgan fingerprint density at radius 1 is 1.26 bits per heavy atom. The average Bonchev–Trinajstić information content (AvgIpc) is 2.95. The first-order valence-corrected chi connectivity index (χ1v) is 8.78. The van der Waals surface area contributed by atoms with Gasteiger partial charge in [-0.05, 0) is 39.0 Å². The molecule has 0 aromatic carbocycles. The molecule has 0 aliphatic heterocycles. The van der Waals surface area contributed by atoms with Gasteiger partial charge in [-0.2, -0.15) is 5.26 Å². The maximum absolute atomic E-state index is 12.4. The van der Waals surface area contributed by atoms with Crippen LogP contribution in [0.2, 0.25) is 0 Å². The first-order chi connectivity index (χ1) is 11.0. The van der Waals surface area contributed by atoms with Gasteiger partial charge < -0.3 is 9.47 Å². The minimum Gasteiger partial charge on any atom is -0.466 e. The molecule has 1 saturated carbocycles. The molecule has 3 atom stereocenters. The number of nitriles is 1. The summed E-state index contributed by atoms with van der Waals surface area (Å²) in [6.45, 7) is 6.16. The van der Waals surface area contributed by atoms with Gasteiger partial charge in [0.15, 0.2) is 0 Å². The third-order valence-corrected chi connectivity index (χ3v) is 4.81. The van der Waals surface area contributed by atoms with Crippen LogP contribution in [0.1, 0.15) is 65.7 Å². The number of esters is 2. The van der Waals surface area contributed by atoms with Gasteiger partial charge in [0.2, 0.25) is 0 Å². The summed E-state index contributed by atoms with van der Waals surface area (Å²) in [5.41, 5.74) is -0.514. The van der Waals surface area contributed by atoms with Crippen LogP contribution in [0.25, 0.3) is 0 Å². The minimum atomic E-state index is -0.576. The summed E-state index contributed by atoms with van der Waals surface area (Å²) >= 11 is 0. The molecule has 0 amide bonds. The van der Waals surface area contributed by atoms with Crippen LogP contribution in [0.4, 0.5) is 0 Å². The lowest BCUT2D eigenvalue weighted by molar-refractivity contribution is -0.158. The topological polar surface area (TPSA) is 76.4 Å². The molecule has 0 spiro atoms. The maximum Gasteiger partial charge on any atom is 0.309 e. The quantitative estimate of drug-likeness (QED) is 0.606. The molecular weight excluding hydrogens is 294 g/mol. The molecule has 0 radical (unpaired) electrons. The fraction of sp³-hybridized carbons (Fsp3) is 0.833. The lowest BCUT2D eigenvalue weighted by atomic mass is 9.69. The molecule has 130 valence electrons. The second kappa shape index (κ2) is 9.54. The molecule has 23 heavy (non-hydrogen) atoms. The van der Waals surface area contributed by atoms with E-state index in [1.165, 1.54) is 0 Å². The molecule has 0 saturated heterocycles. The van der Waals surface area contributed by atoms with Crippen LogP contribution < -0.4 is 0 Å². The second-order valence-corrected chi connectivity index (χ2v) is 6.24. The van der Waals surface area contributed by atoms with Gasteiger partial charge in [0.25, 0.3) is 0 Å². The van der Waals surface area contributed by atoms with Crippen molar-refractivity contribution in [3.63, 3.8) is 0 Å². The smallest absolute Gasteiger partial charge is 0.309 e. The SMILES string of the molecule is CCCCC1(C#N)CCCC1C(CC(=O)OCC)C(=O)OCC. The first kappa shape index (κ1) is 19.5. The van der Waals surface area contributed by atoms with Crippen molar-refractivity contribution in [2.45, 2.75) is 65.7 Å². The molecule has 0 aromatic rings. The Morgan fingerprint density at radius 3 is 2.52 bits per heavy atom. The lowest BCUT2D eigenvalue weighted by Gasteiger charge is -2.33. The normalized spacial score (nSPS) is 24.7. The van der Waals surface area contributed by atoms with Crippen molar-refractivity contribution >= 4 is 11.9 Å². The van der Waals surface area contributed by atoms with Gasteiger partial charge in [0, 0.05) is 0 Å². The Labute approximate surface area is 139 Å². The standard InChI is InChI=1S/C18H29NO4/c1-4-7-10-18(13-19)11-8-9-15(18)14(17(21)23-6-3)12-16(20)22-5-2/h14-15H,4-12H2,1-3H3. The Morgan fingerprint density at radius 2 is 1.96 bits per heavy atom. The molecular formula is C18H29NO4. The van der Waals surface area contributed by atoms with Gasteiger partial charge in [0.1, 0.15) is 0 Å². The summed E-state index contributed by atoms with van der Waals surface area (Å²) in [7, 11) is 0. The van der Waals surface area contributed by atoms with E-state index in [2.05, 4.69) is 13.0 Å². The summed E-state index contributed by atoms with van der Waals surface area (Å²) in [5.74, 6) is -1.46. The number of hydrogen-bond acceptors (Lipinski definition) is 5. The van der Waals surface area contributed by atoms with Crippen molar-refractivity contribution < 1.29 is 19.1 Å². The number of nitrogens with zero attached hydrogens (tertiary/aromatic N) is 1. The summed E-state index contributed by atoms with van der Waals surface area (Å²) in [6.07, 6.45) is 5.27. The maximum atomic E-state index is 12.4. The van der Waals surface area contributed by atoms with Crippen molar-refractivity contribution in [2.24, 2.45) is 17.3 Å². The predicted molar refractivity (Wildman–Crippen MR) is 86.3 cm³/mol. The summed E-state index contributed by atoms with van der Waals surface area (Å²) in [5, 5.41) is 9.79. The van der Waals surface area contributed by atoms with E-state index in [4.69, 9.17) is 9.47 Å². The zero-order valence-electron chi connectivity index (χ0n) is 14.6.